The molecule has 548 valence electrons. The summed E-state index contributed by atoms with van der Waals surface area (Å²) in [6.07, 6.45) is 103. The Kier molecular flexibility index (Phi) is 77.2. The summed E-state index contributed by atoms with van der Waals surface area (Å²) < 4.78 is 33.3. The van der Waals surface area contributed by atoms with Gasteiger partial charge in [-0.1, -0.05) is 396 Å². The van der Waals surface area contributed by atoms with Gasteiger partial charge >= 0.3 is 19.8 Å². The molecule has 0 bridgehead atoms. The van der Waals surface area contributed by atoms with Crippen molar-refractivity contribution in [2.24, 2.45) is 5.73 Å². The number of ether oxygens (including phenoxy) is 2. The maximum atomic E-state index is 12.8. The third-order valence-corrected chi connectivity index (χ3v) is 19.7. The Hall–Kier alpha value is -2.03. The molecule has 0 saturated carbocycles. The summed E-state index contributed by atoms with van der Waals surface area (Å²) in [5.41, 5.74) is 5.42. The van der Waals surface area contributed by atoms with Gasteiger partial charge < -0.3 is 20.1 Å². The fourth-order valence-electron chi connectivity index (χ4n) is 12.6. The molecular formula is C83H158NO8P. The van der Waals surface area contributed by atoms with E-state index in [4.69, 9.17) is 24.3 Å². The molecule has 0 saturated heterocycles. The number of allylic oxidation sites excluding steroid dienone is 8. The Balaban J connectivity index is 3.74. The van der Waals surface area contributed by atoms with Crippen molar-refractivity contribution in [3.05, 3.63) is 48.6 Å². The predicted molar refractivity (Wildman–Crippen MR) is 404 cm³/mol. The highest BCUT2D eigenvalue weighted by Crippen LogP contribution is 2.43. The summed E-state index contributed by atoms with van der Waals surface area (Å²) in [6, 6.07) is 0. The minimum absolute atomic E-state index is 0.0562. The molecule has 0 spiro atoms. The Bertz CT molecular complexity index is 1670. The van der Waals surface area contributed by atoms with Crippen LogP contribution in [0.15, 0.2) is 48.6 Å². The lowest BCUT2D eigenvalue weighted by Crippen LogP contribution is -2.29. The third kappa shape index (κ3) is 78.8. The van der Waals surface area contributed by atoms with Crippen molar-refractivity contribution < 1.29 is 37.6 Å². The highest BCUT2D eigenvalue weighted by atomic mass is 31.2. The summed E-state index contributed by atoms with van der Waals surface area (Å²) in [5.74, 6) is -0.801. The molecule has 93 heavy (non-hydrogen) atoms. The van der Waals surface area contributed by atoms with Gasteiger partial charge in [-0.2, -0.15) is 0 Å². The van der Waals surface area contributed by atoms with E-state index in [2.05, 4.69) is 62.5 Å². The lowest BCUT2D eigenvalue weighted by atomic mass is 10.0. The number of nitrogens with two attached hydrogens (primary N) is 1. The molecule has 10 heteroatoms. The topological polar surface area (TPSA) is 134 Å². The zero-order valence-electron chi connectivity index (χ0n) is 62.0. The third-order valence-electron chi connectivity index (χ3n) is 18.7. The van der Waals surface area contributed by atoms with Crippen LogP contribution in [-0.2, 0) is 32.7 Å². The Morgan fingerprint density at radius 2 is 0.559 bits per heavy atom. The number of rotatable bonds is 79. The van der Waals surface area contributed by atoms with Gasteiger partial charge in [0.25, 0.3) is 0 Å². The second-order valence-electron chi connectivity index (χ2n) is 28.0. The van der Waals surface area contributed by atoms with Crippen molar-refractivity contribution in [3.63, 3.8) is 0 Å². The standard InChI is InChI=1S/C83H158NO8P/c1-3-5-7-9-11-13-15-17-19-21-23-25-27-29-31-33-35-37-38-39-40-41-42-44-46-48-50-52-54-56-58-60-62-64-66-68-70-72-74-76-83(86)92-81(80-91-93(87,88)90-78-77-84)79-89-82(85)75-73-71-69-67-65-63-61-59-57-55-53-51-49-47-45-43-36-34-32-30-28-26-24-22-20-18-16-14-12-10-8-6-4-2/h15,17,21-24,27,29,81H,3-14,16,18-20,25-26,28,30-80,84H2,1-2H3,(H,87,88)/b17-15-,23-21-,24-22-,29-27-. The number of phosphoric ester groups is 1. The van der Waals surface area contributed by atoms with Gasteiger partial charge in [-0.25, -0.2) is 4.57 Å². The van der Waals surface area contributed by atoms with Crippen molar-refractivity contribution in [2.75, 3.05) is 26.4 Å². The van der Waals surface area contributed by atoms with Crippen LogP contribution in [0, 0.1) is 0 Å². The normalized spacial score (nSPS) is 13.0. The minimum atomic E-state index is -4.39. The van der Waals surface area contributed by atoms with Crippen LogP contribution in [0.1, 0.15) is 438 Å². The maximum absolute atomic E-state index is 12.8. The zero-order chi connectivity index (χ0) is 67.2. The lowest BCUT2D eigenvalue weighted by molar-refractivity contribution is -0.161. The molecule has 0 fully saturated rings. The van der Waals surface area contributed by atoms with Crippen LogP contribution < -0.4 is 5.73 Å². The Morgan fingerprint density at radius 3 is 0.839 bits per heavy atom. The summed E-state index contributed by atoms with van der Waals surface area (Å²) in [6.45, 7) is 3.82. The van der Waals surface area contributed by atoms with Crippen LogP contribution in [0.5, 0.6) is 0 Å². The first-order valence-corrected chi connectivity index (χ1v) is 42.6. The molecule has 0 aromatic heterocycles. The zero-order valence-corrected chi connectivity index (χ0v) is 62.9. The van der Waals surface area contributed by atoms with Gasteiger partial charge in [0.2, 0.25) is 0 Å². The van der Waals surface area contributed by atoms with Gasteiger partial charge in [0.1, 0.15) is 6.61 Å². The molecule has 0 amide bonds. The molecule has 2 unspecified atom stereocenters. The molecule has 0 aliphatic heterocycles. The van der Waals surface area contributed by atoms with Crippen LogP contribution in [0.4, 0.5) is 0 Å². The molecule has 0 aliphatic carbocycles. The van der Waals surface area contributed by atoms with Crippen LogP contribution in [-0.4, -0.2) is 49.3 Å². The van der Waals surface area contributed by atoms with E-state index >= 15 is 0 Å². The average Bonchev–Trinajstić information content (AvgIpc) is 3.60. The fourth-order valence-corrected chi connectivity index (χ4v) is 13.4. The van der Waals surface area contributed by atoms with E-state index in [1.165, 1.54) is 360 Å². The number of hydrogen-bond acceptors (Lipinski definition) is 8. The van der Waals surface area contributed by atoms with E-state index in [1.54, 1.807) is 0 Å². The predicted octanol–water partition coefficient (Wildman–Crippen LogP) is 27.5. The molecule has 0 aliphatic rings. The van der Waals surface area contributed by atoms with Gasteiger partial charge in [-0.15, -0.1) is 0 Å². The summed E-state index contributed by atoms with van der Waals surface area (Å²) in [7, 11) is -4.39. The largest absolute Gasteiger partial charge is 0.472 e. The van der Waals surface area contributed by atoms with Crippen molar-refractivity contribution in [1.29, 1.82) is 0 Å². The molecule has 0 radical (unpaired) electrons. The first-order valence-electron chi connectivity index (χ1n) is 41.1. The van der Waals surface area contributed by atoms with Gasteiger partial charge in [-0.05, 0) is 77.0 Å². The molecule has 0 heterocycles. The summed E-state index contributed by atoms with van der Waals surface area (Å²) in [5, 5.41) is 0. The van der Waals surface area contributed by atoms with Crippen LogP contribution in [0.25, 0.3) is 0 Å². The summed E-state index contributed by atoms with van der Waals surface area (Å²) in [4.78, 5) is 35.5. The first-order chi connectivity index (χ1) is 45.8. The van der Waals surface area contributed by atoms with Crippen LogP contribution in [0.3, 0.4) is 0 Å². The van der Waals surface area contributed by atoms with Gasteiger partial charge in [0.15, 0.2) is 6.10 Å². The molecular weight excluding hydrogens is 1170 g/mol. The molecule has 0 aromatic rings. The van der Waals surface area contributed by atoms with Crippen LogP contribution >= 0.6 is 7.82 Å². The molecule has 2 atom stereocenters. The van der Waals surface area contributed by atoms with Crippen molar-refractivity contribution in [2.45, 2.75) is 444 Å². The van der Waals surface area contributed by atoms with E-state index in [-0.39, 0.29) is 38.6 Å². The van der Waals surface area contributed by atoms with Gasteiger partial charge in [0.05, 0.1) is 13.2 Å². The maximum Gasteiger partial charge on any atom is 0.472 e. The van der Waals surface area contributed by atoms with Crippen molar-refractivity contribution in [3.8, 4) is 0 Å². The number of hydrogen-bond donors (Lipinski definition) is 2. The number of phosphoric acid groups is 1. The van der Waals surface area contributed by atoms with E-state index < -0.39 is 26.5 Å². The SMILES string of the molecule is CCCCCCC/C=C\C/C=C\C/C=C\CCCCCCCCCCCCCCCCCCCCCCCCCCC(=O)OC(COC(=O)CCCCCCCCCCCCCCCCCCCCCCC/C=C\CCCCCCCCCC)COP(=O)(O)OCCN. The second-order valence-corrected chi connectivity index (χ2v) is 29.4. The molecule has 0 aromatic carbocycles. The number of esters is 2. The van der Waals surface area contributed by atoms with Gasteiger partial charge in [0, 0.05) is 19.4 Å². The van der Waals surface area contributed by atoms with E-state index in [0.29, 0.717) is 6.42 Å². The average molecular weight is 1330 g/mol. The number of carbonyl (C=O) groups excluding carboxylic acids is 2. The van der Waals surface area contributed by atoms with Crippen molar-refractivity contribution >= 4 is 19.8 Å². The molecule has 3 N–H and O–H groups in total. The minimum Gasteiger partial charge on any atom is -0.462 e. The number of carbonyl (C=O) groups is 2. The highest BCUT2D eigenvalue weighted by Gasteiger charge is 2.26. The second kappa shape index (κ2) is 79.0. The Morgan fingerprint density at radius 1 is 0.323 bits per heavy atom. The quantitative estimate of drug-likeness (QED) is 0.0264. The van der Waals surface area contributed by atoms with E-state index in [0.717, 1.165) is 44.9 Å². The van der Waals surface area contributed by atoms with Crippen LogP contribution in [0.2, 0.25) is 0 Å². The fraction of sp³-hybridized carbons (Fsp3) is 0.880. The monoisotopic (exact) mass is 1330 g/mol. The van der Waals surface area contributed by atoms with Gasteiger partial charge in [-0.3, -0.25) is 18.6 Å². The first kappa shape index (κ1) is 91.0. The highest BCUT2D eigenvalue weighted by molar-refractivity contribution is 7.47. The van der Waals surface area contributed by atoms with Crippen molar-refractivity contribution in [1.82, 2.24) is 0 Å². The molecule has 9 nitrogen and oxygen atoms in total. The Labute approximate surface area is 578 Å². The number of unbranched alkanes of at least 4 members (excludes halogenated alkanes) is 58. The lowest BCUT2D eigenvalue weighted by Gasteiger charge is -2.19. The molecule has 0 rings (SSSR count). The van der Waals surface area contributed by atoms with E-state index in [9.17, 15) is 19.0 Å². The summed E-state index contributed by atoms with van der Waals surface area (Å²) >= 11 is 0. The van der Waals surface area contributed by atoms with E-state index in [1.807, 2.05) is 0 Å². The smallest absolute Gasteiger partial charge is 0.462 e.